The Labute approximate surface area is 230 Å². The highest BCUT2D eigenvalue weighted by Crippen LogP contribution is 2.51. The predicted molar refractivity (Wildman–Crippen MR) is 151 cm³/mol. The van der Waals surface area contributed by atoms with Crippen LogP contribution in [0.25, 0.3) is 0 Å². The van der Waals surface area contributed by atoms with Crippen LogP contribution in [-0.4, -0.2) is 25.0 Å². The minimum absolute atomic E-state index is 0.0261. The van der Waals surface area contributed by atoms with E-state index in [1.165, 1.54) is 28.5 Å². The Bertz CT molecular complexity index is 1280. The van der Waals surface area contributed by atoms with Gasteiger partial charge in [-0.2, -0.15) is 0 Å². The minimum atomic E-state index is -1.28. The summed E-state index contributed by atoms with van der Waals surface area (Å²) < 4.78 is 17.5. The fourth-order valence-electron chi connectivity index (χ4n) is 5.21. The molecule has 0 bridgehead atoms. The van der Waals surface area contributed by atoms with E-state index in [1.807, 2.05) is 33.0 Å². The maximum Gasteiger partial charge on any atom is 0.148 e. The zero-order valence-electron chi connectivity index (χ0n) is 20.6. The molecule has 2 heterocycles. The van der Waals surface area contributed by atoms with Gasteiger partial charge in [-0.15, -0.1) is 0 Å². The van der Waals surface area contributed by atoms with Crippen LogP contribution in [0, 0.1) is 5.41 Å². The van der Waals surface area contributed by atoms with Crippen molar-refractivity contribution in [3.8, 4) is 0 Å². The second-order valence-corrected chi connectivity index (χ2v) is 14.3. The van der Waals surface area contributed by atoms with Gasteiger partial charge in [0.1, 0.15) is 32.0 Å². The van der Waals surface area contributed by atoms with Crippen molar-refractivity contribution in [1.29, 1.82) is 0 Å². The number of halogens is 2. The molecule has 0 amide bonds. The van der Waals surface area contributed by atoms with Crippen molar-refractivity contribution >= 4 is 52.0 Å². The van der Waals surface area contributed by atoms with Gasteiger partial charge >= 0.3 is 0 Å². The van der Waals surface area contributed by atoms with Gasteiger partial charge in [-0.05, 0) is 82.1 Å². The molecule has 5 rings (SSSR count). The summed E-state index contributed by atoms with van der Waals surface area (Å²) in [6.45, 7) is 5.97. The maximum atomic E-state index is 13.0. The Kier molecular flexibility index (Phi) is 7.45. The van der Waals surface area contributed by atoms with Crippen molar-refractivity contribution in [2.24, 2.45) is 9.81 Å². The predicted octanol–water partition coefficient (Wildman–Crippen LogP) is 8.09. The third-order valence-corrected chi connectivity index (χ3v) is 10.5. The van der Waals surface area contributed by atoms with E-state index in [1.54, 1.807) is 6.20 Å². The van der Waals surface area contributed by atoms with Crippen molar-refractivity contribution in [2.75, 3.05) is 0 Å². The lowest BCUT2D eigenvalue weighted by Crippen LogP contribution is -2.35. The van der Waals surface area contributed by atoms with Crippen molar-refractivity contribution < 1.29 is 4.55 Å². The van der Waals surface area contributed by atoms with E-state index in [4.69, 9.17) is 32.6 Å². The van der Waals surface area contributed by atoms with Crippen LogP contribution in [0.1, 0.15) is 69.1 Å². The van der Waals surface area contributed by atoms with Crippen LogP contribution in [0.3, 0.4) is 0 Å². The lowest BCUT2D eigenvalue weighted by molar-refractivity contribution is 0.266. The highest BCUT2D eigenvalue weighted by atomic mass is 35.5. The molecule has 1 unspecified atom stereocenters. The van der Waals surface area contributed by atoms with Crippen LogP contribution in [0.4, 0.5) is 0 Å². The Morgan fingerprint density at radius 2 is 1.81 bits per heavy atom. The quantitative estimate of drug-likeness (QED) is 0.240. The molecule has 0 saturated heterocycles. The van der Waals surface area contributed by atoms with Crippen LogP contribution in [0.2, 0.25) is 10.2 Å². The Morgan fingerprint density at radius 3 is 2.50 bits per heavy atom. The summed E-state index contributed by atoms with van der Waals surface area (Å²) in [5, 5.41) is 1.63. The van der Waals surface area contributed by atoms with Gasteiger partial charge in [-0.25, -0.2) is 9.97 Å². The van der Waals surface area contributed by atoms with Gasteiger partial charge in [0.25, 0.3) is 0 Å². The molecule has 1 saturated carbocycles. The van der Waals surface area contributed by atoms with Crippen molar-refractivity contribution in [3.63, 3.8) is 0 Å². The van der Waals surface area contributed by atoms with Gasteiger partial charge in [-0.1, -0.05) is 69.7 Å². The second kappa shape index (κ2) is 10.3. The van der Waals surface area contributed by atoms with Gasteiger partial charge < -0.3 is 4.55 Å². The molecule has 2 aliphatic rings. The molecule has 0 N–H and O–H groups in total. The fraction of sp³-hybridized carbons (Fsp3) is 0.393. The number of benzene rings is 1. The van der Waals surface area contributed by atoms with Crippen molar-refractivity contribution in [1.82, 2.24) is 9.97 Å². The standard InChI is InChI=1S/C28H29Cl2N3OS2/c1-27(2,3)36(34)33-25-21-7-5-4-6-19(21)16-28(25)13-10-18(11-14-28)20-8-9-23(32-17-20)35-22-12-15-31-26(30)24(22)29/h4-9,12,15,17-18H,10-11,13-14,16H2,1-3H3. The molecule has 3 aromatic rings. The van der Waals surface area contributed by atoms with E-state index >= 15 is 0 Å². The van der Waals surface area contributed by atoms with Crippen LogP contribution in [0.15, 0.2) is 69.2 Å². The Morgan fingerprint density at radius 1 is 1.06 bits per heavy atom. The molecule has 1 fully saturated rings. The van der Waals surface area contributed by atoms with Crippen LogP contribution in [-0.2, 0) is 17.8 Å². The first kappa shape index (κ1) is 26.1. The van der Waals surface area contributed by atoms with Crippen molar-refractivity contribution in [3.05, 3.63) is 81.7 Å². The fourth-order valence-corrected chi connectivity index (χ4v) is 7.16. The normalized spacial score (nSPS) is 23.7. The summed E-state index contributed by atoms with van der Waals surface area (Å²) in [6.07, 6.45) is 8.83. The third kappa shape index (κ3) is 5.21. The summed E-state index contributed by atoms with van der Waals surface area (Å²) in [5.41, 5.74) is 4.81. The Hall–Kier alpha value is -1.57. The van der Waals surface area contributed by atoms with Gasteiger partial charge in [-0.3, -0.25) is 0 Å². The number of aromatic nitrogens is 2. The first-order valence-corrected chi connectivity index (χ1v) is 14.9. The summed E-state index contributed by atoms with van der Waals surface area (Å²) >= 11 is 12.5. The van der Waals surface area contributed by atoms with Crippen LogP contribution < -0.4 is 0 Å². The molecule has 188 valence electrons. The zero-order valence-corrected chi connectivity index (χ0v) is 23.8. The molecule has 0 radical (unpaired) electrons. The highest BCUT2D eigenvalue weighted by Gasteiger charge is 2.47. The largest absolute Gasteiger partial charge is 0.591 e. The van der Waals surface area contributed by atoms with Gasteiger partial charge in [0, 0.05) is 28.3 Å². The second-order valence-electron chi connectivity index (χ2n) is 10.6. The van der Waals surface area contributed by atoms with E-state index in [-0.39, 0.29) is 10.2 Å². The smallest absolute Gasteiger partial charge is 0.148 e. The maximum absolute atomic E-state index is 13.0. The lowest BCUT2D eigenvalue weighted by Gasteiger charge is -2.37. The Balaban J connectivity index is 1.32. The molecule has 1 aromatic carbocycles. The van der Waals surface area contributed by atoms with Gasteiger partial charge in [0.2, 0.25) is 0 Å². The average molecular weight is 559 g/mol. The van der Waals surface area contributed by atoms with E-state index in [2.05, 4.69) is 41.4 Å². The highest BCUT2D eigenvalue weighted by molar-refractivity contribution is 7.99. The molecule has 2 aromatic heterocycles. The number of rotatable bonds is 4. The summed E-state index contributed by atoms with van der Waals surface area (Å²) in [4.78, 5) is 9.55. The molecule has 0 aliphatic heterocycles. The number of hydrogen-bond donors (Lipinski definition) is 0. The van der Waals surface area contributed by atoms with E-state index < -0.39 is 11.4 Å². The number of hydrogen-bond acceptors (Lipinski definition) is 5. The molecule has 36 heavy (non-hydrogen) atoms. The molecule has 2 aliphatic carbocycles. The van der Waals surface area contributed by atoms with Crippen molar-refractivity contribution in [2.45, 2.75) is 73.5 Å². The van der Waals surface area contributed by atoms with E-state index in [0.717, 1.165) is 47.7 Å². The van der Waals surface area contributed by atoms with Gasteiger partial charge in [0.15, 0.2) is 0 Å². The number of nitrogens with zero attached hydrogens (tertiary/aromatic N) is 3. The SMILES string of the molecule is CC(C)(C)[S+]([O-])N=C1c2ccccc2CC12CCC(c1ccc(Sc3ccnc(Cl)c3Cl)nc1)CC2. The molecular weight excluding hydrogens is 529 g/mol. The molecule has 4 nitrogen and oxygen atoms in total. The molecule has 1 spiro atoms. The first-order chi connectivity index (χ1) is 17.2. The third-order valence-electron chi connectivity index (χ3n) is 7.20. The molecule has 8 heteroatoms. The first-order valence-electron chi connectivity index (χ1n) is 12.2. The summed E-state index contributed by atoms with van der Waals surface area (Å²) in [5.74, 6) is 0.458. The molecule has 1 atom stereocenters. The van der Waals surface area contributed by atoms with E-state index in [9.17, 15) is 4.55 Å². The van der Waals surface area contributed by atoms with Crippen LogP contribution in [0.5, 0.6) is 0 Å². The topological polar surface area (TPSA) is 61.2 Å². The average Bonchev–Trinajstić information content (AvgIpc) is 3.15. The minimum Gasteiger partial charge on any atom is -0.591 e. The number of pyridine rings is 2. The van der Waals surface area contributed by atoms with Gasteiger partial charge in [0.05, 0.1) is 5.02 Å². The lowest BCUT2D eigenvalue weighted by atomic mass is 9.67. The molecular formula is C28H29Cl2N3OS2. The zero-order chi connectivity index (χ0) is 25.5. The summed E-state index contributed by atoms with van der Waals surface area (Å²) in [7, 11) is 0. The van der Waals surface area contributed by atoms with E-state index in [0.29, 0.717) is 16.1 Å². The monoisotopic (exact) mass is 557 g/mol. The summed E-state index contributed by atoms with van der Waals surface area (Å²) in [6, 6.07) is 14.6. The van der Waals surface area contributed by atoms with Crippen LogP contribution >= 0.6 is 35.0 Å². The number of fused-ring (bicyclic) bond motifs is 1.